The summed E-state index contributed by atoms with van der Waals surface area (Å²) in [5.74, 6) is 0.741. The third-order valence-corrected chi connectivity index (χ3v) is 3.08. The molecule has 0 saturated heterocycles. The summed E-state index contributed by atoms with van der Waals surface area (Å²) >= 11 is 0. The van der Waals surface area contributed by atoms with Crippen molar-refractivity contribution in [3.05, 3.63) is 29.8 Å². The topological polar surface area (TPSA) is 48.3 Å². The first-order valence-electron chi connectivity index (χ1n) is 6.63. The van der Waals surface area contributed by atoms with Crippen LogP contribution in [0.2, 0.25) is 0 Å². The zero-order valence-corrected chi connectivity index (χ0v) is 12.0. The van der Waals surface area contributed by atoms with Crippen LogP contribution in [0.5, 0.6) is 5.75 Å². The van der Waals surface area contributed by atoms with Gasteiger partial charge in [-0.1, -0.05) is 12.1 Å². The molecule has 0 fully saturated rings. The first-order valence-corrected chi connectivity index (χ1v) is 6.63. The second kappa shape index (κ2) is 8.52. The average Bonchev–Trinajstić information content (AvgIpc) is 2.42. The second-order valence-corrected chi connectivity index (χ2v) is 4.84. The standard InChI is InChI=1S/C15H23N3O/c1-13(2)18(3)10-9-17-12-14-4-6-15(7-5-14)19-11-8-16/h4-7,13,17H,9-12H2,1-3H3. The van der Waals surface area contributed by atoms with E-state index in [2.05, 4.69) is 31.1 Å². The fourth-order valence-electron chi connectivity index (χ4n) is 1.57. The van der Waals surface area contributed by atoms with E-state index in [1.807, 2.05) is 30.3 Å². The summed E-state index contributed by atoms with van der Waals surface area (Å²) in [6.07, 6.45) is 0. The monoisotopic (exact) mass is 261 g/mol. The molecule has 0 atom stereocenters. The first-order chi connectivity index (χ1) is 9.13. The van der Waals surface area contributed by atoms with Crippen LogP contribution < -0.4 is 10.1 Å². The van der Waals surface area contributed by atoms with Gasteiger partial charge in [0.25, 0.3) is 0 Å². The number of rotatable bonds is 8. The van der Waals surface area contributed by atoms with Crippen molar-refractivity contribution in [2.24, 2.45) is 0 Å². The van der Waals surface area contributed by atoms with Gasteiger partial charge in [-0.05, 0) is 38.6 Å². The summed E-state index contributed by atoms with van der Waals surface area (Å²) in [5.41, 5.74) is 1.22. The number of hydrogen-bond acceptors (Lipinski definition) is 4. The number of hydrogen-bond donors (Lipinski definition) is 1. The van der Waals surface area contributed by atoms with Crippen LogP contribution in [0.25, 0.3) is 0 Å². The number of likely N-dealkylation sites (N-methyl/N-ethyl adjacent to an activating group) is 1. The van der Waals surface area contributed by atoms with Gasteiger partial charge in [-0.2, -0.15) is 5.26 Å². The van der Waals surface area contributed by atoms with Gasteiger partial charge in [0.05, 0.1) is 0 Å². The second-order valence-electron chi connectivity index (χ2n) is 4.84. The molecular weight excluding hydrogens is 238 g/mol. The van der Waals surface area contributed by atoms with E-state index in [1.54, 1.807) is 0 Å². The Morgan fingerprint density at radius 2 is 2.00 bits per heavy atom. The van der Waals surface area contributed by atoms with Crippen molar-refractivity contribution in [2.45, 2.75) is 26.4 Å². The summed E-state index contributed by atoms with van der Waals surface area (Å²) in [6.45, 7) is 7.35. The maximum Gasteiger partial charge on any atom is 0.174 e. The maximum absolute atomic E-state index is 8.42. The van der Waals surface area contributed by atoms with Crippen LogP contribution in [0.3, 0.4) is 0 Å². The van der Waals surface area contributed by atoms with Crippen molar-refractivity contribution in [1.29, 1.82) is 5.26 Å². The van der Waals surface area contributed by atoms with Gasteiger partial charge in [0, 0.05) is 25.7 Å². The van der Waals surface area contributed by atoms with Crippen molar-refractivity contribution in [3.63, 3.8) is 0 Å². The summed E-state index contributed by atoms with van der Waals surface area (Å²) in [7, 11) is 2.13. The van der Waals surface area contributed by atoms with Crippen molar-refractivity contribution >= 4 is 0 Å². The molecule has 1 aromatic carbocycles. The van der Waals surface area contributed by atoms with Crippen molar-refractivity contribution in [1.82, 2.24) is 10.2 Å². The highest BCUT2D eigenvalue weighted by molar-refractivity contribution is 5.27. The van der Waals surface area contributed by atoms with Gasteiger partial charge < -0.3 is 15.0 Å². The van der Waals surface area contributed by atoms with Crippen LogP contribution in [-0.2, 0) is 6.54 Å². The Morgan fingerprint density at radius 1 is 1.32 bits per heavy atom. The minimum Gasteiger partial charge on any atom is -0.479 e. The molecule has 0 aliphatic rings. The number of nitriles is 1. The number of nitrogens with one attached hydrogen (secondary N) is 1. The fraction of sp³-hybridized carbons (Fsp3) is 0.533. The molecule has 1 rings (SSSR count). The van der Waals surface area contributed by atoms with E-state index in [-0.39, 0.29) is 6.61 Å². The molecule has 4 nitrogen and oxygen atoms in total. The molecule has 4 heteroatoms. The predicted octanol–water partition coefficient (Wildman–Crippen LogP) is 2.02. The van der Waals surface area contributed by atoms with E-state index in [0.717, 1.165) is 25.4 Å². The van der Waals surface area contributed by atoms with E-state index in [1.165, 1.54) is 5.56 Å². The highest BCUT2D eigenvalue weighted by Gasteiger charge is 2.01. The molecule has 0 aliphatic carbocycles. The molecule has 0 saturated carbocycles. The van der Waals surface area contributed by atoms with Crippen LogP contribution in [0.15, 0.2) is 24.3 Å². The Hall–Kier alpha value is -1.57. The molecule has 19 heavy (non-hydrogen) atoms. The van der Waals surface area contributed by atoms with Crippen molar-refractivity contribution in [3.8, 4) is 11.8 Å². The average molecular weight is 261 g/mol. The van der Waals surface area contributed by atoms with Crippen LogP contribution in [0, 0.1) is 11.3 Å². The van der Waals surface area contributed by atoms with Gasteiger partial charge in [0.2, 0.25) is 0 Å². The van der Waals surface area contributed by atoms with Crippen LogP contribution in [0.4, 0.5) is 0 Å². The van der Waals surface area contributed by atoms with E-state index < -0.39 is 0 Å². The third-order valence-electron chi connectivity index (χ3n) is 3.08. The lowest BCUT2D eigenvalue weighted by molar-refractivity contribution is 0.273. The molecule has 0 heterocycles. The molecule has 0 radical (unpaired) electrons. The zero-order chi connectivity index (χ0) is 14.1. The Kier molecular flexibility index (Phi) is 6.94. The van der Waals surface area contributed by atoms with Crippen LogP contribution in [0.1, 0.15) is 19.4 Å². The lowest BCUT2D eigenvalue weighted by Gasteiger charge is -2.20. The predicted molar refractivity (Wildman–Crippen MR) is 77.0 cm³/mol. The van der Waals surface area contributed by atoms with E-state index in [0.29, 0.717) is 6.04 Å². The lowest BCUT2D eigenvalue weighted by atomic mass is 10.2. The van der Waals surface area contributed by atoms with Gasteiger partial charge >= 0.3 is 0 Å². The van der Waals surface area contributed by atoms with Crippen LogP contribution in [-0.4, -0.2) is 37.7 Å². The van der Waals surface area contributed by atoms with E-state index in [4.69, 9.17) is 10.00 Å². The fourth-order valence-corrected chi connectivity index (χ4v) is 1.57. The van der Waals surface area contributed by atoms with Gasteiger partial charge in [0.1, 0.15) is 11.8 Å². The van der Waals surface area contributed by atoms with E-state index >= 15 is 0 Å². The first kappa shape index (κ1) is 15.5. The Morgan fingerprint density at radius 3 is 2.58 bits per heavy atom. The summed E-state index contributed by atoms with van der Waals surface area (Å²) in [4.78, 5) is 2.31. The molecule has 0 spiro atoms. The number of nitrogens with zero attached hydrogens (tertiary/aromatic N) is 2. The zero-order valence-electron chi connectivity index (χ0n) is 12.0. The summed E-state index contributed by atoms with van der Waals surface area (Å²) in [5, 5.41) is 11.8. The smallest absolute Gasteiger partial charge is 0.174 e. The normalized spacial score (nSPS) is 10.7. The minimum atomic E-state index is 0.0964. The molecule has 1 N–H and O–H groups in total. The van der Waals surface area contributed by atoms with Crippen LogP contribution >= 0.6 is 0 Å². The molecule has 0 bridgehead atoms. The van der Waals surface area contributed by atoms with Crippen molar-refractivity contribution < 1.29 is 4.74 Å². The quantitative estimate of drug-likeness (QED) is 0.727. The molecule has 0 aliphatic heterocycles. The largest absolute Gasteiger partial charge is 0.479 e. The lowest BCUT2D eigenvalue weighted by Crippen LogP contribution is -2.33. The number of ether oxygens (including phenoxy) is 1. The Labute approximate surface area is 116 Å². The molecule has 0 amide bonds. The van der Waals surface area contributed by atoms with Gasteiger partial charge in [0.15, 0.2) is 6.61 Å². The Bertz CT molecular complexity index is 395. The van der Waals surface area contributed by atoms with Gasteiger partial charge in [-0.25, -0.2) is 0 Å². The molecular formula is C15H23N3O. The molecule has 0 unspecified atom stereocenters. The highest BCUT2D eigenvalue weighted by Crippen LogP contribution is 2.11. The molecule has 0 aromatic heterocycles. The summed E-state index contributed by atoms with van der Waals surface area (Å²) < 4.78 is 5.21. The van der Waals surface area contributed by atoms with Crippen molar-refractivity contribution in [2.75, 3.05) is 26.7 Å². The number of benzene rings is 1. The molecule has 1 aromatic rings. The minimum absolute atomic E-state index is 0.0964. The highest BCUT2D eigenvalue weighted by atomic mass is 16.5. The maximum atomic E-state index is 8.42. The van der Waals surface area contributed by atoms with Gasteiger partial charge in [-0.3, -0.25) is 0 Å². The van der Waals surface area contributed by atoms with E-state index in [9.17, 15) is 0 Å². The Balaban J connectivity index is 2.25. The molecule has 104 valence electrons. The third kappa shape index (κ3) is 6.23. The van der Waals surface area contributed by atoms with Gasteiger partial charge in [-0.15, -0.1) is 0 Å². The SMILES string of the molecule is CC(C)N(C)CCNCc1ccc(OCC#N)cc1. The summed E-state index contributed by atoms with van der Waals surface area (Å²) in [6, 6.07) is 10.4.